The highest BCUT2D eigenvalue weighted by Gasteiger charge is 2.33. The Kier molecular flexibility index (Phi) is 7.73. The molecule has 1 fully saturated rings. The number of nitrogens with zero attached hydrogens (tertiary/aromatic N) is 4. The Morgan fingerprint density at radius 2 is 2.18 bits per heavy atom. The van der Waals surface area contributed by atoms with Gasteiger partial charge in [-0.1, -0.05) is 17.7 Å². The molecule has 0 saturated carbocycles. The summed E-state index contributed by atoms with van der Waals surface area (Å²) in [5.41, 5.74) is 5.03. The molecule has 0 aliphatic carbocycles. The first kappa shape index (κ1) is 24.5. The van der Waals surface area contributed by atoms with Crippen molar-refractivity contribution >= 4 is 5.91 Å². The molecule has 0 spiro atoms. The van der Waals surface area contributed by atoms with Gasteiger partial charge in [0.2, 0.25) is 0 Å². The highest BCUT2D eigenvalue weighted by atomic mass is 16.5. The summed E-state index contributed by atoms with van der Waals surface area (Å²) >= 11 is 0. The number of β-amino-alcohol motifs (C(OH)–C–C–N with tert-alkyl or cyclic N) is 1. The normalized spacial score (nSPS) is 19.5. The van der Waals surface area contributed by atoms with Gasteiger partial charge in [0.05, 0.1) is 19.8 Å². The molecule has 3 heterocycles. The predicted octanol–water partition coefficient (Wildman–Crippen LogP) is 3.64. The number of carbonyl (C=O) groups is 1. The van der Waals surface area contributed by atoms with Crippen molar-refractivity contribution in [1.29, 1.82) is 0 Å². The second-order valence-electron chi connectivity index (χ2n) is 9.90. The summed E-state index contributed by atoms with van der Waals surface area (Å²) in [6.07, 6.45) is 4.05. The Balaban J connectivity index is 1.63. The minimum absolute atomic E-state index is 0.0594. The zero-order valence-corrected chi connectivity index (χ0v) is 20.8. The van der Waals surface area contributed by atoms with Crippen molar-refractivity contribution in [2.45, 2.75) is 71.2 Å². The number of likely N-dealkylation sites (tertiary alicyclic amines) is 1. The van der Waals surface area contributed by atoms with E-state index in [9.17, 15) is 9.90 Å². The third-order valence-electron chi connectivity index (χ3n) is 7.13. The number of aromatic nitrogens is 2. The molecular weight excluding hydrogens is 428 g/mol. The van der Waals surface area contributed by atoms with Gasteiger partial charge in [0.1, 0.15) is 5.75 Å². The molecule has 2 aliphatic heterocycles. The van der Waals surface area contributed by atoms with Crippen molar-refractivity contribution in [2.75, 3.05) is 26.7 Å². The molecule has 0 bridgehead atoms. The van der Waals surface area contributed by atoms with Gasteiger partial charge >= 0.3 is 0 Å². The van der Waals surface area contributed by atoms with E-state index in [-0.39, 0.29) is 5.91 Å². The zero-order valence-electron chi connectivity index (χ0n) is 20.8. The van der Waals surface area contributed by atoms with E-state index >= 15 is 0 Å². The molecule has 2 atom stereocenters. The largest absolute Gasteiger partial charge is 0.497 e. The number of methoxy groups -OCH3 is 1. The Labute approximate surface area is 203 Å². The lowest BCUT2D eigenvalue weighted by molar-refractivity contribution is 0.0466. The molecule has 1 saturated heterocycles. The molecule has 7 heteroatoms. The van der Waals surface area contributed by atoms with Crippen LogP contribution in [0, 0.1) is 0 Å². The van der Waals surface area contributed by atoms with E-state index in [0.29, 0.717) is 31.4 Å². The predicted molar refractivity (Wildman–Crippen MR) is 133 cm³/mol. The number of ether oxygens (including phenoxy) is 1. The highest BCUT2D eigenvalue weighted by Crippen LogP contribution is 2.28. The van der Waals surface area contributed by atoms with Gasteiger partial charge in [0.25, 0.3) is 5.91 Å². The molecule has 2 aromatic rings. The van der Waals surface area contributed by atoms with Gasteiger partial charge in [-0.15, -0.1) is 6.58 Å². The third kappa shape index (κ3) is 5.53. The van der Waals surface area contributed by atoms with Crippen molar-refractivity contribution in [2.24, 2.45) is 0 Å². The van der Waals surface area contributed by atoms with Crippen LogP contribution in [-0.4, -0.2) is 69.5 Å². The number of allylic oxidation sites excluding steroid dienone is 1. The summed E-state index contributed by atoms with van der Waals surface area (Å²) < 4.78 is 7.40. The van der Waals surface area contributed by atoms with E-state index in [0.717, 1.165) is 67.8 Å². The number of piperidine rings is 1. The Bertz CT molecular complexity index is 1030. The zero-order chi connectivity index (χ0) is 24.2. The fourth-order valence-corrected chi connectivity index (χ4v) is 5.06. The fraction of sp³-hybridized carbons (Fsp3) is 0.556. The van der Waals surface area contributed by atoms with E-state index in [4.69, 9.17) is 9.84 Å². The van der Waals surface area contributed by atoms with Crippen molar-refractivity contribution < 1.29 is 14.6 Å². The van der Waals surface area contributed by atoms with Crippen LogP contribution in [-0.2, 0) is 19.5 Å². The van der Waals surface area contributed by atoms with Crippen molar-refractivity contribution in [3.8, 4) is 5.75 Å². The quantitative estimate of drug-likeness (QED) is 0.602. The number of aliphatic hydroxyl groups excluding tert-OH is 1. The second kappa shape index (κ2) is 10.7. The molecule has 2 aliphatic rings. The highest BCUT2D eigenvalue weighted by molar-refractivity contribution is 5.94. The van der Waals surface area contributed by atoms with Gasteiger partial charge < -0.3 is 14.7 Å². The first-order valence-corrected chi connectivity index (χ1v) is 12.4. The maximum Gasteiger partial charge on any atom is 0.274 e. The van der Waals surface area contributed by atoms with Crippen LogP contribution >= 0.6 is 0 Å². The molecule has 2 unspecified atom stereocenters. The standard InChI is InChI=1S/C27H38N4O3/c1-19(2)10-11-20(3)29-14-12-25-24(18-29)26(27(33)30-13-6-8-22(32)17-30)28-31(25)16-21-7-5-9-23(15-21)34-4/h5,7,9,15,20,22,32H,1,6,8,10-14,16-18H2,2-4H3. The van der Waals surface area contributed by atoms with Gasteiger partial charge in [0.15, 0.2) is 5.69 Å². The molecule has 34 heavy (non-hydrogen) atoms. The number of fused-ring (bicyclic) bond motifs is 1. The molecule has 0 radical (unpaired) electrons. The van der Waals surface area contributed by atoms with E-state index in [1.165, 1.54) is 5.57 Å². The van der Waals surface area contributed by atoms with Gasteiger partial charge in [-0.25, -0.2) is 0 Å². The SMILES string of the molecule is C=C(C)CCC(C)N1CCc2c(c(C(=O)N3CCCC(O)C3)nn2Cc2cccc(OC)c2)C1. The number of hydrogen-bond donors (Lipinski definition) is 1. The van der Waals surface area contributed by atoms with Crippen LogP contribution in [0.5, 0.6) is 5.75 Å². The van der Waals surface area contributed by atoms with Crippen LogP contribution in [0.15, 0.2) is 36.4 Å². The van der Waals surface area contributed by atoms with E-state index in [2.05, 4.69) is 31.4 Å². The van der Waals surface area contributed by atoms with Crippen molar-refractivity contribution in [3.05, 3.63) is 58.9 Å². The van der Waals surface area contributed by atoms with E-state index in [1.54, 1.807) is 12.0 Å². The molecule has 1 aromatic carbocycles. The third-order valence-corrected chi connectivity index (χ3v) is 7.13. The average molecular weight is 467 g/mol. The lowest BCUT2D eigenvalue weighted by atomic mass is 9.99. The molecular formula is C27H38N4O3. The smallest absolute Gasteiger partial charge is 0.274 e. The lowest BCUT2D eigenvalue weighted by Gasteiger charge is -2.34. The Morgan fingerprint density at radius 1 is 1.35 bits per heavy atom. The Morgan fingerprint density at radius 3 is 2.91 bits per heavy atom. The summed E-state index contributed by atoms with van der Waals surface area (Å²) in [4.78, 5) is 17.8. The van der Waals surface area contributed by atoms with Crippen LogP contribution in [0.3, 0.4) is 0 Å². The molecule has 7 nitrogen and oxygen atoms in total. The second-order valence-corrected chi connectivity index (χ2v) is 9.90. The Hall–Kier alpha value is -2.64. The fourth-order valence-electron chi connectivity index (χ4n) is 5.06. The van der Waals surface area contributed by atoms with Gasteiger partial charge in [-0.2, -0.15) is 5.10 Å². The monoisotopic (exact) mass is 466 g/mol. The molecule has 1 amide bonds. The average Bonchev–Trinajstić information content (AvgIpc) is 3.19. The number of carbonyl (C=O) groups excluding carboxylic acids is 1. The molecule has 1 N–H and O–H groups in total. The number of aliphatic hydroxyl groups is 1. The lowest BCUT2D eigenvalue weighted by Crippen LogP contribution is -2.43. The number of rotatable bonds is 8. The first-order valence-electron chi connectivity index (χ1n) is 12.4. The maximum atomic E-state index is 13.6. The summed E-state index contributed by atoms with van der Waals surface area (Å²) in [6, 6.07) is 8.41. The number of benzene rings is 1. The summed E-state index contributed by atoms with van der Waals surface area (Å²) in [5, 5.41) is 15.0. The first-order chi connectivity index (χ1) is 16.4. The van der Waals surface area contributed by atoms with Crippen LogP contribution in [0.25, 0.3) is 0 Å². The van der Waals surface area contributed by atoms with Crippen LogP contribution < -0.4 is 4.74 Å². The summed E-state index contributed by atoms with van der Waals surface area (Å²) in [6.45, 7) is 11.7. The summed E-state index contributed by atoms with van der Waals surface area (Å²) in [5.74, 6) is 0.755. The maximum absolute atomic E-state index is 13.6. The van der Waals surface area contributed by atoms with Crippen LogP contribution in [0.4, 0.5) is 0 Å². The number of hydrogen-bond acceptors (Lipinski definition) is 5. The molecule has 4 rings (SSSR count). The van der Waals surface area contributed by atoms with Crippen LogP contribution in [0.2, 0.25) is 0 Å². The van der Waals surface area contributed by atoms with Crippen molar-refractivity contribution in [3.63, 3.8) is 0 Å². The van der Waals surface area contributed by atoms with Gasteiger partial charge in [-0.3, -0.25) is 14.4 Å². The van der Waals surface area contributed by atoms with Gasteiger partial charge in [-0.05, 0) is 57.2 Å². The minimum atomic E-state index is -0.453. The van der Waals surface area contributed by atoms with Crippen LogP contribution in [0.1, 0.15) is 66.8 Å². The van der Waals surface area contributed by atoms with Crippen molar-refractivity contribution in [1.82, 2.24) is 19.6 Å². The number of amides is 1. The minimum Gasteiger partial charge on any atom is -0.497 e. The van der Waals surface area contributed by atoms with Gasteiger partial charge in [0, 0.05) is 49.9 Å². The van der Waals surface area contributed by atoms with E-state index < -0.39 is 6.10 Å². The molecule has 184 valence electrons. The topological polar surface area (TPSA) is 70.8 Å². The van der Waals surface area contributed by atoms with E-state index in [1.807, 2.05) is 22.9 Å². The summed E-state index contributed by atoms with van der Waals surface area (Å²) in [7, 11) is 1.67. The molecule has 1 aromatic heterocycles.